The van der Waals surface area contributed by atoms with Crippen LogP contribution in [0.2, 0.25) is 0 Å². The molecule has 0 aromatic heterocycles. The highest BCUT2D eigenvalue weighted by Gasteiger charge is 1.59. The zero-order chi connectivity index (χ0) is 2.71. The Balaban J connectivity index is 0. The van der Waals surface area contributed by atoms with E-state index in [-0.39, 0.29) is 17.4 Å². The van der Waals surface area contributed by atoms with Gasteiger partial charge in [0.05, 0.1) is 0 Å². The van der Waals surface area contributed by atoms with Gasteiger partial charge in [0.2, 0.25) is 0 Å². The average Bonchev–Trinajstić information content (AvgIpc) is 0.918. The van der Waals surface area contributed by atoms with Crippen LogP contribution in [-0.4, -0.2) is 36.2 Å². The second-order valence-corrected chi connectivity index (χ2v) is 1.08. The van der Waals surface area contributed by atoms with Crippen LogP contribution in [0, 0.1) is 0 Å². The molecule has 4 heteroatoms. The van der Waals surface area contributed by atoms with Crippen LogP contribution in [0.5, 0.6) is 0 Å². The SMILES string of the molecule is [AlH3].[OH][AlH][Cl]. The maximum absolute atomic E-state index is 7.47. The fourth-order valence-electron chi connectivity index (χ4n) is 0. The zero-order valence-corrected chi connectivity index (χ0v) is 3.70. The van der Waals surface area contributed by atoms with E-state index in [1.54, 1.807) is 0 Å². The molecule has 1 N–H and O–H groups in total. The van der Waals surface area contributed by atoms with Crippen molar-refractivity contribution >= 4 is 42.0 Å². The van der Waals surface area contributed by atoms with Gasteiger partial charge in [0.1, 0.15) is 0 Å². The monoisotopic (exact) mass is 110 g/mol. The molecule has 0 rings (SSSR count). The van der Waals surface area contributed by atoms with Crippen LogP contribution in [0.25, 0.3) is 0 Å². The van der Waals surface area contributed by atoms with Gasteiger partial charge in [0, 0.05) is 0 Å². The Morgan fingerprint density at radius 1 is 1.75 bits per heavy atom. The number of rotatable bonds is 0. The minimum atomic E-state index is -1.11. The van der Waals surface area contributed by atoms with Gasteiger partial charge < -0.3 is 4.16 Å². The highest BCUT2D eigenvalue weighted by Crippen LogP contribution is 1.47. The van der Waals surface area contributed by atoms with Gasteiger partial charge >= 0.3 is 14.6 Å². The van der Waals surface area contributed by atoms with Gasteiger partial charge in [-0.05, 0) is 0 Å². The minimum Gasteiger partial charge on any atom is -0.507 e. The zero-order valence-electron chi connectivity index (χ0n) is 1.53. The molecular weight excluding hydrogens is 105 g/mol. The van der Waals surface area contributed by atoms with Crippen LogP contribution < -0.4 is 0 Å². The Hall–Kier alpha value is 1.31. The van der Waals surface area contributed by atoms with E-state index in [4.69, 9.17) is 14.2 Å². The van der Waals surface area contributed by atoms with Gasteiger partial charge in [-0.1, -0.05) is 0 Å². The van der Waals surface area contributed by atoms with Crippen molar-refractivity contribution < 1.29 is 4.16 Å². The van der Waals surface area contributed by atoms with E-state index in [0.29, 0.717) is 0 Å². The lowest BCUT2D eigenvalue weighted by Gasteiger charge is -1.40. The molecule has 0 radical (unpaired) electrons. The van der Waals surface area contributed by atoms with Crippen LogP contribution in [0.3, 0.4) is 0 Å². The molecule has 0 aromatic rings. The average molecular weight is 110 g/mol. The van der Waals surface area contributed by atoms with Crippen molar-refractivity contribution in [3.05, 3.63) is 0 Å². The predicted octanol–water partition coefficient (Wildman–Crippen LogP) is -1.70. The van der Waals surface area contributed by atoms with E-state index in [0.717, 1.165) is 0 Å². The molecule has 4 heavy (non-hydrogen) atoms. The van der Waals surface area contributed by atoms with E-state index in [9.17, 15) is 0 Å². The Kier molecular flexibility index (Phi) is 19.9. The minimum absolute atomic E-state index is 0. The molecule has 0 aromatic carbocycles. The molecule has 0 atom stereocenters. The highest BCUT2D eigenvalue weighted by molar-refractivity contribution is 6.89. The molecule has 0 bridgehead atoms. The molecule has 0 aliphatic carbocycles. The third-order valence-electron chi connectivity index (χ3n) is 0. The Labute approximate surface area is 46.3 Å². The fraction of sp³-hybridized carbons (Fsp3) is 0. The summed E-state index contributed by atoms with van der Waals surface area (Å²) in [7, 11) is 4.69. The predicted molar refractivity (Wildman–Crippen MR) is 25.2 cm³/mol. The topological polar surface area (TPSA) is 20.2 Å². The van der Waals surface area contributed by atoms with Gasteiger partial charge in [0.15, 0.2) is 17.4 Å². The second-order valence-electron chi connectivity index (χ2n) is 0.120. The lowest BCUT2D eigenvalue weighted by Crippen LogP contribution is -1.59. The van der Waals surface area contributed by atoms with E-state index in [2.05, 4.69) is 0 Å². The largest absolute Gasteiger partial charge is 0.564 e. The molecule has 24 valence electrons. The lowest BCUT2D eigenvalue weighted by atomic mass is 15.9. The van der Waals surface area contributed by atoms with Crippen molar-refractivity contribution in [1.29, 1.82) is 0 Å². The van der Waals surface area contributed by atoms with Gasteiger partial charge in [-0.2, -0.15) is 0 Å². The maximum Gasteiger partial charge on any atom is 0.564 e. The molecule has 1 nitrogen and oxygen atoms in total. The summed E-state index contributed by atoms with van der Waals surface area (Å²) in [4.78, 5) is 0. The molecule has 0 heterocycles. The Morgan fingerprint density at radius 2 is 1.75 bits per heavy atom. The van der Waals surface area contributed by atoms with Crippen LogP contribution >= 0.6 is 10.0 Å². The van der Waals surface area contributed by atoms with Gasteiger partial charge in [0.25, 0.3) is 0 Å². The summed E-state index contributed by atoms with van der Waals surface area (Å²) in [6.07, 6.45) is 0. The Bertz CT molecular complexity index is 6.00. The Morgan fingerprint density at radius 3 is 1.75 bits per heavy atom. The first-order valence-corrected chi connectivity index (χ1v) is 3.35. The lowest BCUT2D eigenvalue weighted by molar-refractivity contribution is 0.622. The van der Waals surface area contributed by atoms with E-state index >= 15 is 0 Å². The summed E-state index contributed by atoms with van der Waals surface area (Å²) < 4.78 is 7.47. The summed E-state index contributed by atoms with van der Waals surface area (Å²) in [5.74, 6) is 0. The molecule has 0 saturated heterocycles. The fourth-order valence-corrected chi connectivity index (χ4v) is 0. The van der Waals surface area contributed by atoms with Crippen LogP contribution in [-0.2, 0) is 0 Å². The molecule has 0 fully saturated rings. The number of hydrogen-bond acceptors (Lipinski definition) is 1. The van der Waals surface area contributed by atoms with Crippen molar-refractivity contribution in [3.8, 4) is 0 Å². The first-order valence-electron chi connectivity index (χ1n) is 0.583. The normalized spacial score (nSPS) is 3.50. The van der Waals surface area contributed by atoms with E-state index in [1.807, 2.05) is 0 Å². The molecule has 0 amide bonds. The maximum atomic E-state index is 7.47. The first kappa shape index (κ1) is 9.01. The van der Waals surface area contributed by atoms with Crippen LogP contribution in [0.15, 0.2) is 0 Å². The molecule has 0 aliphatic heterocycles. The molecular formula is H5Al2ClO. The third kappa shape index (κ3) is 10.3. The van der Waals surface area contributed by atoms with Gasteiger partial charge in [-0.25, -0.2) is 10.0 Å². The van der Waals surface area contributed by atoms with Crippen LogP contribution in [0.4, 0.5) is 0 Å². The van der Waals surface area contributed by atoms with Gasteiger partial charge in [-0.15, -0.1) is 0 Å². The molecule has 0 unspecified atom stereocenters. The van der Waals surface area contributed by atoms with Crippen molar-refractivity contribution in [2.24, 2.45) is 0 Å². The second kappa shape index (κ2) is 8.85. The quantitative estimate of drug-likeness (QED) is 0.369. The van der Waals surface area contributed by atoms with Crippen molar-refractivity contribution in [2.45, 2.75) is 0 Å². The summed E-state index contributed by atoms with van der Waals surface area (Å²) in [5, 5.41) is 0. The summed E-state index contributed by atoms with van der Waals surface area (Å²) in [6.45, 7) is 0. The van der Waals surface area contributed by atoms with E-state index in [1.165, 1.54) is 0 Å². The van der Waals surface area contributed by atoms with Crippen molar-refractivity contribution in [2.75, 3.05) is 0 Å². The smallest absolute Gasteiger partial charge is 0.507 e. The third-order valence-corrected chi connectivity index (χ3v) is 0. The summed E-state index contributed by atoms with van der Waals surface area (Å²) in [6, 6.07) is 0. The van der Waals surface area contributed by atoms with Crippen molar-refractivity contribution in [1.82, 2.24) is 0 Å². The standard InChI is InChI=1S/2Al.ClH.H2O.4H/h;;1H;1H2;;;;/q;+2;;;;;;/p-2. The first-order chi connectivity index (χ1) is 1.41. The summed E-state index contributed by atoms with van der Waals surface area (Å²) >= 11 is -1.11. The molecule has 0 saturated carbocycles. The number of halogens is 1. The van der Waals surface area contributed by atoms with Gasteiger partial charge in [-0.3, -0.25) is 0 Å². The molecule has 0 spiro atoms. The van der Waals surface area contributed by atoms with Crippen LogP contribution in [0.1, 0.15) is 0 Å². The highest BCUT2D eigenvalue weighted by atomic mass is 35.6. The van der Waals surface area contributed by atoms with Crippen molar-refractivity contribution in [3.63, 3.8) is 0 Å². The molecule has 0 aliphatic rings. The van der Waals surface area contributed by atoms with E-state index < -0.39 is 14.6 Å². The number of hydrogen-bond donors (Lipinski definition) is 1. The summed E-state index contributed by atoms with van der Waals surface area (Å²) in [5.41, 5.74) is 0.